The van der Waals surface area contributed by atoms with E-state index in [0.29, 0.717) is 71.0 Å². The number of benzene rings is 3. The van der Waals surface area contributed by atoms with Crippen molar-refractivity contribution in [3.05, 3.63) is 75.4 Å². The van der Waals surface area contributed by atoms with Crippen molar-refractivity contribution in [1.82, 2.24) is 15.1 Å². The Morgan fingerprint density at radius 1 is 1.07 bits per heavy atom. The largest absolute Gasteiger partial charge is 0.514 e. The molecule has 7 heterocycles. The first kappa shape index (κ1) is 41.0. The fourth-order valence-corrected chi connectivity index (χ4v) is 12.3. The maximum absolute atomic E-state index is 15.0. The van der Waals surface area contributed by atoms with Crippen LogP contribution in [0, 0.1) is 25.2 Å². The number of rotatable bonds is 5. The summed E-state index contributed by atoms with van der Waals surface area (Å²) in [5.74, 6) is 1.20. The highest BCUT2D eigenvalue weighted by atomic mass is 32.2. The first-order chi connectivity index (χ1) is 29.2. The van der Waals surface area contributed by atoms with Gasteiger partial charge in [0.1, 0.15) is 24.0 Å². The normalized spacial score (nSPS) is 27.4. The number of hydrogen-bond donors (Lipinski definition) is 3. The van der Waals surface area contributed by atoms with Crippen LogP contribution in [0.3, 0.4) is 0 Å². The van der Waals surface area contributed by atoms with Crippen LogP contribution < -0.4 is 29.0 Å². The summed E-state index contributed by atoms with van der Waals surface area (Å²) in [5, 5.41) is 38.8. The number of ether oxygens (including phenoxy) is 7. The standard InChI is InChI=1S/C45H50N4O11S/c1-9-12-48-26-14-24-13-21(2)38(55-8)37(51)31(24)34(48)35-41-33-32(40-39(57-20-58-40)22(3)36(33)50)28(49(35)27(26)17-46)18-56-42(52)45(19-61-41)25-16-29(54-7)30(15-23(25)10-11-47-45)59-43(53)60-44(4,5)6/h9,13,15-16,26-28,34-35,41,47,50-51H,1,10-12,14,18-20H2,2-8H3/t26?,27-,28-,34+,35?,41+,45+/m0/s1. The minimum Gasteiger partial charge on any atom is -0.507 e. The summed E-state index contributed by atoms with van der Waals surface area (Å²) in [7, 11) is 2.99. The molecule has 2 unspecified atom stereocenters. The summed E-state index contributed by atoms with van der Waals surface area (Å²) >= 11 is 1.45. The Morgan fingerprint density at radius 3 is 2.54 bits per heavy atom. The van der Waals surface area contributed by atoms with E-state index >= 15 is 0 Å². The van der Waals surface area contributed by atoms with Gasteiger partial charge in [0.05, 0.1) is 37.6 Å². The van der Waals surface area contributed by atoms with Crippen molar-refractivity contribution in [1.29, 1.82) is 5.26 Å². The number of phenolic OH excluding ortho intramolecular Hbond substituents is 2. The van der Waals surface area contributed by atoms with E-state index in [2.05, 4.69) is 27.8 Å². The lowest BCUT2D eigenvalue weighted by atomic mass is 9.71. The number of nitrogens with zero attached hydrogens (tertiary/aromatic N) is 3. The van der Waals surface area contributed by atoms with Crippen LogP contribution in [0.1, 0.15) is 82.6 Å². The molecule has 0 aromatic heterocycles. The third kappa shape index (κ3) is 6.18. The summed E-state index contributed by atoms with van der Waals surface area (Å²) in [6.45, 7) is 13.5. The Labute approximate surface area is 358 Å². The molecule has 0 aliphatic carbocycles. The molecule has 0 saturated carbocycles. The number of carbonyl (C=O) groups is 2. The van der Waals surface area contributed by atoms with Gasteiger partial charge in [-0.2, -0.15) is 5.26 Å². The van der Waals surface area contributed by atoms with Crippen LogP contribution in [0.25, 0.3) is 0 Å². The van der Waals surface area contributed by atoms with E-state index in [9.17, 15) is 25.1 Å². The molecule has 7 atom stereocenters. The molecule has 322 valence electrons. The second kappa shape index (κ2) is 14.9. The average Bonchev–Trinajstić information content (AvgIpc) is 3.70. The second-order valence-electron chi connectivity index (χ2n) is 17.4. The molecule has 16 heteroatoms. The van der Waals surface area contributed by atoms with Gasteiger partial charge in [0.15, 0.2) is 40.0 Å². The van der Waals surface area contributed by atoms with Crippen LogP contribution >= 0.6 is 11.8 Å². The van der Waals surface area contributed by atoms with Gasteiger partial charge < -0.3 is 43.4 Å². The van der Waals surface area contributed by atoms with E-state index in [1.54, 1.807) is 39.8 Å². The van der Waals surface area contributed by atoms with Gasteiger partial charge in [-0.25, -0.2) is 9.59 Å². The summed E-state index contributed by atoms with van der Waals surface area (Å²) in [4.78, 5) is 32.2. The zero-order chi connectivity index (χ0) is 43.3. The molecule has 2 fully saturated rings. The average molecular weight is 855 g/mol. The number of aromatic hydroxyl groups is 2. The Morgan fingerprint density at radius 2 is 1.84 bits per heavy atom. The first-order valence-corrected chi connectivity index (χ1v) is 21.5. The number of piperazine rings is 1. The number of phenols is 2. The van der Waals surface area contributed by atoms with E-state index in [4.69, 9.17) is 33.2 Å². The van der Waals surface area contributed by atoms with Crippen molar-refractivity contribution in [2.45, 2.75) is 94.1 Å². The topological polar surface area (TPSA) is 182 Å². The van der Waals surface area contributed by atoms with Crippen molar-refractivity contribution in [2.75, 3.05) is 46.5 Å². The summed E-state index contributed by atoms with van der Waals surface area (Å²) in [6.07, 6.45) is 1.88. The molecule has 1 spiro atoms. The van der Waals surface area contributed by atoms with Crippen LogP contribution in [-0.2, 0) is 32.6 Å². The van der Waals surface area contributed by atoms with Crippen LogP contribution in [0.15, 0.2) is 30.9 Å². The van der Waals surface area contributed by atoms with Crippen molar-refractivity contribution in [3.63, 3.8) is 0 Å². The highest BCUT2D eigenvalue weighted by Crippen LogP contribution is 2.64. The van der Waals surface area contributed by atoms with Gasteiger partial charge in [-0.1, -0.05) is 12.1 Å². The number of carbonyl (C=O) groups excluding carboxylic acids is 2. The third-order valence-corrected chi connectivity index (χ3v) is 14.4. The van der Waals surface area contributed by atoms with Crippen LogP contribution in [0.4, 0.5) is 4.79 Å². The van der Waals surface area contributed by atoms with Crippen LogP contribution in [-0.4, -0.2) is 102 Å². The SMILES string of the molecule is C=CCN1C2Cc3cc(C)c(OC)c(O)c3[C@@H]1C1[C@@H]3SC[C@]4(NCCc5cc(OC(=O)OC(C)(C)C)c(OC)cc54)C(=O)OC[C@@H](c4c5c(c(C)c(O)c43)OCO5)N1[C@H]2C#N. The molecular weight excluding hydrogens is 805 g/mol. The number of nitriles is 1. The quantitative estimate of drug-likeness (QED) is 0.156. The third-order valence-electron chi connectivity index (χ3n) is 12.9. The first-order valence-electron chi connectivity index (χ1n) is 20.4. The molecule has 3 aromatic carbocycles. The van der Waals surface area contributed by atoms with Gasteiger partial charge >= 0.3 is 12.1 Å². The predicted molar refractivity (Wildman–Crippen MR) is 223 cm³/mol. The molecule has 0 radical (unpaired) electrons. The number of aryl methyl sites for hydroxylation is 1. The molecular formula is C45H50N4O11S. The molecule has 3 N–H and O–H groups in total. The lowest BCUT2D eigenvalue weighted by Crippen LogP contribution is -2.70. The van der Waals surface area contributed by atoms with E-state index in [-0.39, 0.29) is 48.2 Å². The maximum atomic E-state index is 15.0. The number of nitrogens with one attached hydrogen (secondary N) is 1. The molecule has 7 aliphatic rings. The lowest BCUT2D eigenvalue weighted by molar-refractivity contribution is -0.157. The molecule has 4 bridgehead atoms. The molecule has 0 amide bonds. The van der Waals surface area contributed by atoms with Crippen LogP contribution in [0.5, 0.6) is 40.2 Å². The lowest BCUT2D eigenvalue weighted by Gasteiger charge is -2.62. The number of fused-ring (bicyclic) bond motifs is 9. The summed E-state index contributed by atoms with van der Waals surface area (Å²) in [5.41, 5.74) is 3.21. The van der Waals surface area contributed by atoms with Crippen molar-refractivity contribution in [2.24, 2.45) is 0 Å². The van der Waals surface area contributed by atoms with E-state index in [0.717, 1.165) is 16.7 Å². The highest BCUT2D eigenvalue weighted by Gasteiger charge is 2.62. The van der Waals surface area contributed by atoms with Gasteiger partial charge in [0.25, 0.3) is 0 Å². The Bertz CT molecular complexity index is 2410. The Kier molecular flexibility index (Phi) is 10.0. The van der Waals surface area contributed by atoms with E-state index in [1.165, 1.54) is 26.0 Å². The highest BCUT2D eigenvalue weighted by molar-refractivity contribution is 7.99. The van der Waals surface area contributed by atoms with Crippen molar-refractivity contribution in [3.8, 4) is 46.3 Å². The van der Waals surface area contributed by atoms with Crippen LogP contribution in [0.2, 0.25) is 0 Å². The van der Waals surface area contributed by atoms with Gasteiger partial charge in [-0.15, -0.1) is 18.3 Å². The minimum atomic E-state index is -1.43. The van der Waals surface area contributed by atoms with Gasteiger partial charge in [-0.3, -0.25) is 15.1 Å². The molecule has 61 heavy (non-hydrogen) atoms. The zero-order valence-corrected chi connectivity index (χ0v) is 36.1. The smallest absolute Gasteiger partial charge is 0.507 e. The molecule has 7 aliphatic heterocycles. The van der Waals surface area contributed by atoms with Crippen molar-refractivity contribution < 1.29 is 53.0 Å². The molecule has 2 saturated heterocycles. The maximum Gasteiger partial charge on any atom is 0.514 e. The van der Waals surface area contributed by atoms with Gasteiger partial charge in [0, 0.05) is 53.2 Å². The monoisotopic (exact) mass is 854 g/mol. The second-order valence-corrected chi connectivity index (χ2v) is 18.5. The number of hydrogen-bond acceptors (Lipinski definition) is 16. The summed E-state index contributed by atoms with van der Waals surface area (Å²) < 4.78 is 41.3. The van der Waals surface area contributed by atoms with E-state index in [1.807, 2.05) is 19.1 Å². The molecule has 15 nitrogen and oxygen atoms in total. The molecule has 3 aromatic rings. The minimum absolute atomic E-state index is 0.0249. The van der Waals surface area contributed by atoms with Gasteiger partial charge in [0.2, 0.25) is 6.79 Å². The Hall–Kier alpha value is -5.34. The number of thioether (sulfide) groups is 1. The summed E-state index contributed by atoms with van der Waals surface area (Å²) in [6, 6.07) is 5.14. The fourth-order valence-electron chi connectivity index (χ4n) is 10.6. The number of methoxy groups -OCH3 is 2. The Balaban J connectivity index is 1.25. The zero-order valence-electron chi connectivity index (χ0n) is 35.2. The molecule has 10 rings (SSSR count). The van der Waals surface area contributed by atoms with Gasteiger partial charge in [-0.05, 0) is 81.8 Å². The number of esters is 1. The van der Waals surface area contributed by atoms with Crippen molar-refractivity contribution >= 4 is 23.9 Å². The fraction of sp³-hybridized carbons (Fsp3) is 0.489. The predicted octanol–water partition coefficient (Wildman–Crippen LogP) is 5.93. The van der Waals surface area contributed by atoms with E-state index < -0.39 is 52.7 Å².